The Kier molecular flexibility index (Phi) is 4.36. The molecular formula is C19H22N4O2. The van der Waals surface area contributed by atoms with Gasteiger partial charge in [-0.2, -0.15) is 0 Å². The van der Waals surface area contributed by atoms with Crippen LogP contribution < -0.4 is 10.2 Å². The summed E-state index contributed by atoms with van der Waals surface area (Å²) in [4.78, 5) is 14.7. The smallest absolute Gasteiger partial charge is 0.279 e. The maximum absolute atomic E-state index is 12.9. The van der Waals surface area contributed by atoms with Crippen molar-refractivity contribution in [3.8, 4) is 0 Å². The summed E-state index contributed by atoms with van der Waals surface area (Å²) in [5.41, 5.74) is 2.54. The zero-order chi connectivity index (χ0) is 17.2. The molecule has 2 aromatic rings. The third-order valence-electron chi connectivity index (χ3n) is 4.84. The lowest BCUT2D eigenvalue weighted by Crippen LogP contribution is -2.36. The lowest BCUT2D eigenvalue weighted by Gasteiger charge is -2.22. The van der Waals surface area contributed by atoms with Crippen molar-refractivity contribution in [1.82, 2.24) is 10.2 Å². The van der Waals surface area contributed by atoms with Gasteiger partial charge in [-0.1, -0.05) is 18.2 Å². The van der Waals surface area contributed by atoms with Crippen molar-refractivity contribution in [2.24, 2.45) is 0 Å². The van der Waals surface area contributed by atoms with E-state index in [9.17, 15) is 4.79 Å². The Morgan fingerprint density at radius 1 is 1.28 bits per heavy atom. The van der Waals surface area contributed by atoms with E-state index in [1.807, 2.05) is 29.2 Å². The van der Waals surface area contributed by atoms with Gasteiger partial charge in [0.25, 0.3) is 5.91 Å². The molecule has 1 amide bonds. The molecule has 6 nitrogen and oxygen atoms in total. The summed E-state index contributed by atoms with van der Waals surface area (Å²) in [6, 6.07) is 11.7. The van der Waals surface area contributed by atoms with Gasteiger partial charge < -0.3 is 15.0 Å². The molecular weight excluding hydrogens is 316 g/mol. The fraction of sp³-hybridized carbons (Fsp3) is 0.421. The van der Waals surface area contributed by atoms with E-state index in [4.69, 9.17) is 4.74 Å². The van der Waals surface area contributed by atoms with Gasteiger partial charge in [0, 0.05) is 24.9 Å². The van der Waals surface area contributed by atoms with Crippen molar-refractivity contribution < 1.29 is 9.53 Å². The van der Waals surface area contributed by atoms with Crippen LogP contribution in [0.5, 0.6) is 0 Å². The molecule has 3 heterocycles. The van der Waals surface area contributed by atoms with Crippen LogP contribution in [-0.4, -0.2) is 41.4 Å². The van der Waals surface area contributed by atoms with E-state index in [2.05, 4.69) is 28.5 Å². The number of para-hydroxylation sites is 1. The van der Waals surface area contributed by atoms with E-state index in [1.54, 1.807) is 6.07 Å². The highest BCUT2D eigenvalue weighted by Gasteiger charge is 2.32. The summed E-state index contributed by atoms with van der Waals surface area (Å²) in [7, 11) is 0. The lowest BCUT2D eigenvalue weighted by molar-refractivity contribution is 0.0975. The first-order valence-corrected chi connectivity index (χ1v) is 8.83. The van der Waals surface area contributed by atoms with Gasteiger partial charge >= 0.3 is 0 Å². The van der Waals surface area contributed by atoms with E-state index in [1.165, 1.54) is 5.56 Å². The third kappa shape index (κ3) is 3.22. The first-order chi connectivity index (χ1) is 12.2. The predicted molar refractivity (Wildman–Crippen MR) is 95.9 cm³/mol. The zero-order valence-electron chi connectivity index (χ0n) is 14.3. The zero-order valence-corrected chi connectivity index (χ0v) is 14.3. The summed E-state index contributed by atoms with van der Waals surface area (Å²) in [5.74, 6) is 0.567. The Morgan fingerprint density at radius 2 is 2.16 bits per heavy atom. The molecule has 1 N–H and O–H groups in total. The molecule has 2 atom stereocenters. The number of hydrogen-bond acceptors (Lipinski definition) is 5. The number of hydrogen-bond donors (Lipinski definition) is 1. The molecule has 2 aliphatic heterocycles. The first kappa shape index (κ1) is 16.0. The standard InChI is InChI=1S/C19H22N4O2/c1-13-11-14-5-2-3-7-17(14)23(13)19(24)16-8-9-18(22-21-16)20-12-15-6-4-10-25-15/h2-3,5,7-9,13,15H,4,6,10-12H2,1H3,(H,20,22). The average molecular weight is 338 g/mol. The predicted octanol–water partition coefficient (Wildman–Crippen LogP) is 2.66. The summed E-state index contributed by atoms with van der Waals surface area (Å²) < 4.78 is 5.58. The van der Waals surface area contributed by atoms with Gasteiger partial charge in [0.15, 0.2) is 5.69 Å². The quantitative estimate of drug-likeness (QED) is 0.928. The molecule has 1 saturated heterocycles. The first-order valence-electron chi connectivity index (χ1n) is 8.83. The van der Waals surface area contributed by atoms with Gasteiger partial charge in [-0.05, 0) is 49.9 Å². The van der Waals surface area contributed by atoms with Gasteiger partial charge in [0.1, 0.15) is 5.82 Å². The molecule has 130 valence electrons. The number of nitrogens with zero attached hydrogens (tertiary/aromatic N) is 3. The molecule has 1 aromatic heterocycles. The lowest BCUT2D eigenvalue weighted by atomic mass is 10.1. The Morgan fingerprint density at radius 3 is 2.92 bits per heavy atom. The molecule has 2 unspecified atom stereocenters. The molecule has 25 heavy (non-hydrogen) atoms. The van der Waals surface area contributed by atoms with E-state index in [-0.39, 0.29) is 18.1 Å². The van der Waals surface area contributed by atoms with Crippen molar-refractivity contribution in [2.45, 2.75) is 38.3 Å². The van der Waals surface area contributed by atoms with Crippen molar-refractivity contribution >= 4 is 17.4 Å². The molecule has 0 radical (unpaired) electrons. The normalized spacial score (nSPS) is 22.0. The fourth-order valence-electron chi connectivity index (χ4n) is 3.56. The summed E-state index contributed by atoms with van der Waals surface area (Å²) >= 11 is 0. The van der Waals surface area contributed by atoms with Crippen LogP contribution in [0.1, 0.15) is 35.8 Å². The van der Waals surface area contributed by atoms with Crippen molar-refractivity contribution in [3.05, 3.63) is 47.7 Å². The monoisotopic (exact) mass is 338 g/mol. The van der Waals surface area contributed by atoms with Crippen LogP contribution in [0.3, 0.4) is 0 Å². The van der Waals surface area contributed by atoms with E-state index >= 15 is 0 Å². The van der Waals surface area contributed by atoms with E-state index < -0.39 is 0 Å². The SMILES string of the molecule is CC1Cc2ccccc2N1C(=O)c1ccc(NCC2CCCO2)nn1. The maximum Gasteiger partial charge on any atom is 0.279 e. The minimum absolute atomic E-state index is 0.101. The van der Waals surface area contributed by atoms with Gasteiger partial charge in [0.2, 0.25) is 0 Å². The van der Waals surface area contributed by atoms with E-state index in [0.29, 0.717) is 11.5 Å². The van der Waals surface area contributed by atoms with Crippen molar-refractivity contribution in [3.63, 3.8) is 0 Å². The van der Waals surface area contributed by atoms with Crippen molar-refractivity contribution in [1.29, 1.82) is 0 Å². The van der Waals surface area contributed by atoms with Crippen LogP contribution in [-0.2, 0) is 11.2 Å². The summed E-state index contributed by atoms with van der Waals surface area (Å²) in [5, 5.41) is 11.5. The molecule has 0 spiro atoms. The van der Waals surface area contributed by atoms with Crippen LogP contribution in [0.2, 0.25) is 0 Å². The Labute approximate surface area is 147 Å². The van der Waals surface area contributed by atoms with Gasteiger partial charge in [-0.15, -0.1) is 10.2 Å². The van der Waals surface area contributed by atoms with Crippen LogP contribution in [0.25, 0.3) is 0 Å². The van der Waals surface area contributed by atoms with Crippen LogP contribution in [0.4, 0.5) is 11.5 Å². The maximum atomic E-state index is 12.9. The highest BCUT2D eigenvalue weighted by molar-refractivity contribution is 6.06. The van der Waals surface area contributed by atoms with E-state index in [0.717, 1.165) is 38.1 Å². The second-order valence-corrected chi connectivity index (χ2v) is 6.68. The van der Waals surface area contributed by atoms with Gasteiger partial charge in [-0.3, -0.25) is 4.79 Å². The number of carbonyl (C=O) groups is 1. The number of fused-ring (bicyclic) bond motifs is 1. The topological polar surface area (TPSA) is 67.4 Å². The summed E-state index contributed by atoms with van der Waals surface area (Å²) in [6.07, 6.45) is 3.30. The summed E-state index contributed by atoms with van der Waals surface area (Å²) in [6.45, 7) is 3.61. The molecule has 2 aliphatic rings. The molecule has 6 heteroatoms. The molecule has 1 aromatic carbocycles. The number of aromatic nitrogens is 2. The minimum Gasteiger partial charge on any atom is -0.376 e. The number of nitrogens with one attached hydrogen (secondary N) is 1. The number of carbonyl (C=O) groups excluding carboxylic acids is 1. The van der Waals surface area contributed by atoms with Crippen molar-refractivity contribution in [2.75, 3.05) is 23.4 Å². The number of ether oxygens (including phenoxy) is 1. The number of rotatable bonds is 4. The largest absolute Gasteiger partial charge is 0.376 e. The molecule has 0 aliphatic carbocycles. The number of benzene rings is 1. The number of anilines is 2. The Balaban J connectivity index is 1.45. The molecule has 0 saturated carbocycles. The van der Waals surface area contributed by atoms with Crippen LogP contribution in [0.15, 0.2) is 36.4 Å². The van der Waals surface area contributed by atoms with Crippen LogP contribution >= 0.6 is 0 Å². The molecule has 4 rings (SSSR count). The molecule has 1 fully saturated rings. The highest BCUT2D eigenvalue weighted by Crippen LogP contribution is 2.32. The minimum atomic E-state index is -0.101. The number of amides is 1. The average Bonchev–Trinajstić information content (AvgIpc) is 3.26. The second kappa shape index (κ2) is 6.80. The van der Waals surface area contributed by atoms with Crippen LogP contribution in [0, 0.1) is 0 Å². The Hall–Kier alpha value is -2.47. The molecule has 0 bridgehead atoms. The third-order valence-corrected chi connectivity index (χ3v) is 4.84. The van der Waals surface area contributed by atoms with Gasteiger partial charge in [0.05, 0.1) is 6.10 Å². The van der Waals surface area contributed by atoms with Gasteiger partial charge in [-0.25, -0.2) is 0 Å². The fourth-order valence-corrected chi connectivity index (χ4v) is 3.56. The Bertz CT molecular complexity index is 756. The second-order valence-electron chi connectivity index (χ2n) is 6.68. The highest BCUT2D eigenvalue weighted by atomic mass is 16.5.